The summed E-state index contributed by atoms with van der Waals surface area (Å²) in [5.41, 5.74) is 0.427. The summed E-state index contributed by atoms with van der Waals surface area (Å²) in [6.07, 6.45) is 7.29. The number of benzene rings is 1. The predicted octanol–water partition coefficient (Wildman–Crippen LogP) is 2.89. The first-order valence-electron chi connectivity index (χ1n) is 8.74. The van der Waals surface area contributed by atoms with E-state index in [0.717, 1.165) is 31.4 Å². The molecule has 0 bridgehead atoms. The van der Waals surface area contributed by atoms with Gasteiger partial charge in [-0.1, -0.05) is 12.8 Å². The maximum atomic E-state index is 12.0. The molecule has 0 amide bonds. The maximum Gasteiger partial charge on any atom is 0.272 e. The van der Waals surface area contributed by atoms with E-state index in [-0.39, 0.29) is 11.2 Å². The lowest BCUT2D eigenvalue weighted by Gasteiger charge is -2.26. The summed E-state index contributed by atoms with van der Waals surface area (Å²) in [6.45, 7) is 4.36. The molecule has 0 atom stereocenters. The van der Waals surface area contributed by atoms with Crippen molar-refractivity contribution in [2.75, 3.05) is 19.6 Å². The second kappa shape index (κ2) is 7.61. The van der Waals surface area contributed by atoms with Crippen molar-refractivity contribution in [2.45, 2.75) is 45.1 Å². The molecule has 1 aliphatic rings. The molecule has 3 rings (SSSR count). The van der Waals surface area contributed by atoms with Gasteiger partial charge in [-0.15, -0.1) is 0 Å². The van der Waals surface area contributed by atoms with Crippen LogP contribution in [0, 0.1) is 10.1 Å². The SMILES string of the molecule is O=c1[nH]n(CCCCCN2CCCCC2)c2ccc([N+](=O)[O-])cc12. The zero-order valence-corrected chi connectivity index (χ0v) is 13.9. The van der Waals surface area contributed by atoms with Crippen LogP contribution in [0.4, 0.5) is 5.69 Å². The molecule has 1 aliphatic heterocycles. The number of nitrogens with one attached hydrogen (secondary N) is 1. The number of likely N-dealkylation sites (tertiary alicyclic amines) is 1. The minimum absolute atomic E-state index is 0.0488. The van der Waals surface area contributed by atoms with Gasteiger partial charge in [0.15, 0.2) is 0 Å². The molecule has 1 fully saturated rings. The Morgan fingerprint density at radius 3 is 2.58 bits per heavy atom. The summed E-state index contributed by atoms with van der Waals surface area (Å²) < 4.78 is 1.81. The zero-order valence-electron chi connectivity index (χ0n) is 13.9. The van der Waals surface area contributed by atoms with Crippen LogP contribution in [0.25, 0.3) is 10.9 Å². The van der Waals surface area contributed by atoms with E-state index in [9.17, 15) is 14.9 Å². The number of unbranched alkanes of at least 4 members (excludes halogenated alkanes) is 2. The van der Waals surface area contributed by atoms with E-state index in [1.54, 1.807) is 6.07 Å². The molecule has 1 aromatic carbocycles. The van der Waals surface area contributed by atoms with Gasteiger partial charge in [-0.25, -0.2) is 0 Å². The van der Waals surface area contributed by atoms with Gasteiger partial charge in [0, 0.05) is 18.7 Å². The first-order chi connectivity index (χ1) is 11.6. The highest BCUT2D eigenvalue weighted by Crippen LogP contribution is 2.18. The van der Waals surface area contributed by atoms with Gasteiger partial charge in [0.25, 0.3) is 11.2 Å². The van der Waals surface area contributed by atoms with Crippen LogP contribution in [-0.2, 0) is 6.54 Å². The average Bonchev–Trinajstić information content (AvgIpc) is 2.91. The number of non-ortho nitro benzene ring substituents is 1. The second-order valence-corrected chi connectivity index (χ2v) is 6.51. The first kappa shape index (κ1) is 16.7. The fraction of sp³-hybridized carbons (Fsp3) is 0.588. The third-order valence-electron chi connectivity index (χ3n) is 4.77. The number of nitro benzene ring substituents is 1. The van der Waals surface area contributed by atoms with Crippen LogP contribution >= 0.6 is 0 Å². The lowest BCUT2D eigenvalue weighted by Crippen LogP contribution is -2.30. The minimum atomic E-state index is -0.475. The third kappa shape index (κ3) is 3.84. The van der Waals surface area contributed by atoms with Crippen molar-refractivity contribution in [3.63, 3.8) is 0 Å². The Hall–Kier alpha value is -2.15. The Balaban J connectivity index is 1.53. The van der Waals surface area contributed by atoms with Crippen LogP contribution in [0.1, 0.15) is 38.5 Å². The van der Waals surface area contributed by atoms with E-state index in [0.29, 0.717) is 5.39 Å². The van der Waals surface area contributed by atoms with Crippen molar-refractivity contribution in [3.05, 3.63) is 38.7 Å². The Labute approximate surface area is 140 Å². The smallest absolute Gasteiger partial charge is 0.272 e. The van der Waals surface area contributed by atoms with E-state index in [1.807, 2.05) is 4.68 Å². The summed E-state index contributed by atoms with van der Waals surface area (Å²) in [5, 5.41) is 14.0. The number of hydrogen-bond acceptors (Lipinski definition) is 4. The molecule has 24 heavy (non-hydrogen) atoms. The molecule has 0 aliphatic carbocycles. The van der Waals surface area contributed by atoms with Gasteiger partial charge in [-0.3, -0.25) is 24.7 Å². The highest BCUT2D eigenvalue weighted by atomic mass is 16.6. The average molecular weight is 332 g/mol. The summed E-state index contributed by atoms with van der Waals surface area (Å²) in [7, 11) is 0. The highest BCUT2D eigenvalue weighted by molar-refractivity contribution is 5.80. The minimum Gasteiger partial charge on any atom is -0.303 e. The van der Waals surface area contributed by atoms with Gasteiger partial charge in [-0.2, -0.15) is 0 Å². The topological polar surface area (TPSA) is 84.2 Å². The lowest BCUT2D eigenvalue weighted by atomic mass is 10.1. The second-order valence-electron chi connectivity index (χ2n) is 6.51. The maximum absolute atomic E-state index is 12.0. The summed E-state index contributed by atoms with van der Waals surface area (Å²) in [6, 6.07) is 4.45. The zero-order chi connectivity index (χ0) is 16.9. The fourth-order valence-electron chi connectivity index (χ4n) is 3.44. The third-order valence-corrected chi connectivity index (χ3v) is 4.77. The number of nitro groups is 1. The molecule has 2 aromatic rings. The summed E-state index contributed by atoms with van der Waals surface area (Å²) in [4.78, 5) is 24.8. The van der Waals surface area contributed by atoms with Gasteiger partial charge in [0.2, 0.25) is 0 Å². The number of aryl methyl sites for hydroxylation is 1. The molecule has 1 N–H and O–H groups in total. The van der Waals surface area contributed by atoms with Gasteiger partial charge in [-0.05, 0) is 51.4 Å². The van der Waals surface area contributed by atoms with Crippen LogP contribution in [0.2, 0.25) is 0 Å². The standard InChI is InChI=1S/C17H24N4O3/c22-17-15-13-14(21(23)24)7-8-16(15)20(18-17)12-6-2-5-11-19-9-3-1-4-10-19/h7-8,13H,1-6,9-12H2,(H,18,22). The van der Waals surface area contributed by atoms with Crippen molar-refractivity contribution in [1.82, 2.24) is 14.7 Å². The predicted molar refractivity (Wildman–Crippen MR) is 93.4 cm³/mol. The van der Waals surface area contributed by atoms with E-state index < -0.39 is 4.92 Å². The van der Waals surface area contributed by atoms with E-state index in [1.165, 1.54) is 50.9 Å². The number of hydrogen-bond donors (Lipinski definition) is 1. The van der Waals surface area contributed by atoms with Crippen LogP contribution < -0.4 is 5.56 Å². The molecule has 1 saturated heterocycles. The van der Waals surface area contributed by atoms with Crippen LogP contribution in [0.3, 0.4) is 0 Å². The molecular formula is C17H24N4O3. The molecule has 1 aromatic heterocycles. The van der Waals surface area contributed by atoms with Crippen molar-refractivity contribution >= 4 is 16.6 Å². The highest BCUT2D eigenvalue weighted by Gasteiger charge is 2.12. The quantitative estimate of drug-likeness (QED) is 0.480. The number of piperidine rings is 1. The first-order valence-corrected chi connectivity index (χ1v) is 8.74. The van der Waals surface area contributed by atoms with Gasteiger partial charge in [0.05, 0.1) is 15.8 Å². The Morgan fingerprint density at radius 1 is 1.08 bits per heavy atom. The van der Waals surface area contributed by atoms with Crippen molar-refractivity contribution in [2.24, 2.45) is 0 Å². The number of aromatic amines is 1. The fourth-order valence-corrected chi connectivity index (χ4v) is 3.44. The monoisotopic (exact) mass is 332 g/mol. The van der Waals surface area contributed by atoms with Crippen molar-refractivity contribution < 1.29 is 4.92 Å². The van der Waals surface area contributed by atoms with Gasteiger partial charge < -0.3 is 4.90 Å². The number of H-pyrrole nitrogens is 1. The number of aromatic nitrogens is 2. The van der Waals surface area contributed by atoms with Crippen molar-refractivity contribution in [3.8, 4) is 0 Å². The van der Waals surface area contributed by atoms with Crippen LogP contribution in [0.15, 0.2) is 23.0 Å². The molecule has 0 radical (unpaired) electrons. The van der Waals surface area contributed by atoms with Crippen LogP contribution in [0.5, 0.6) is 0 Å². The lowest BCUT2D eigenvalue weighted by molar-refractivity contribution is -0.384. The molecule has 0 saturated carbocycles. The molecule has 2 heterocycles. The summed E-state index contributed by atoms with van der Waals surface area (Å²) >= 11 is 0. The molecule has 7 heteroatoms. The summed E-state index contributed by atoms with van der Waals surface area (Å²) in [5.74, 6) is 0. The molecular weight excluding hydrogens is 308 g/mol. The van der Waals surface area contributed by atoms with E-state index in [4.69, 9.17) is 0 Å². The van der Waals surface area contributed by atoms with Gasteiger partial charge >= 0.3 is 0 Å². The molecule has 0 unspecified atom stereocenters. The molecule has 0 spiro atoms. The van der Waals surface area contributed by atoms with E-state index in [2.05, 4.69) is 10.00 Å². The normalized spacial score (nSPS) is 15.8. The molecule has 130 valence electrons. The number of nitrogens with zero attached hydrogens (tertiary/aromatic N) is 3. The Bertz CT molecular complexity index is 759. The van der Waals surface area contributed by atoms with Crippen LogP contribution in [-0.4, -0.2) is 39.2 Å². The Morgan fingerprint density at radius 2 is 1.83 bits per heavy atom. The largest absolute Gasteiger partial charge is 0.303 e. The van der Waals surface area contributed by atoms with Gasteiger partial charge in [0.1, 0.15) is 0 Å². The number of rotatable bonds is 7. The molecule has 7 nitrogen and oxygen atoms in total. The van der Waals surface area contributed by atoms with E-state index >= 15 is 0 Å². The number of fused-ring (bicyclic) bond motifs is 1. The van der Waals surface area contributed by atoms with Crippen molar-refractivity contribution in [1.29, 1.82) is 0 Å². The Kier molecular flexibility index (Phi) is 5.30.